The van der Waals surface area contributed by atoms with Crippen LogP contribution in [-0.2, 0) is 0 Å². The fourth-order valence-electron chi connectivity index (χ4n) is 1.86. The zero-order chi connectivity index (χ0) is 16.1. The summed E-state index contributed by atoms with van der Waals surface area (Å²) >= 11 is 0. The van der Waals surface area contributed by atoms with E-state index in [1.54, 1.807) is 24.3 Å². The topological polar surface area (TPSA) is 95.9 Å². The van der Waals surface area contributed by atoms with Crippen molar-refractivity contribution in [2.45, 2.75) is 6.92 Å². The number of amides is 1. The highest BCUT2D eigenvalue weighted by molar-refractivity contribution is 6.05. The summed E-state index contributed by atoms with van der Waals surface area (Å²) in [5.74, 6) is -1.33. The fourth-order valence-corrected chi connectivity index (χ4v) is 1.86. The Balaban J connectivity index is 2.18. The van der Waals surface area contributed by atoms with E-state index in [9.17, 15) is 14.7 Å². The standard InChI is InChI=1S/C16H15NO5/c1-2-22-12-5-3-4-10(8-12)15(19)17-13-7-6-11(16(20)21)9-14(13)18/h3-9,18H,2H2,1H3,(H,17,19)(H,20,21). The van der Waals surface area contributed by atoms with Crippen LogP contribution in [0.4, 0.5) is 5.69 Å². The molecule has 0 aliphatic rings. The van der Waals surface area contributed by atoms with Gasteiger partial charge in [-0.15, -0.1) is 0 Å². The SMILES string of the molecule is CCOc1cccc(C(=O)Nc2ccc(C(=O)O)cc2O)c1. The van der Waals surface area contributed by atoms with Crippen LogP contribution in [0, 0.1) is 0 Å². The van der Waals surface area contributed by atoms with Crippen LogP contribution in [0.3, 0.4) is 0 Å². The summed E-state index contributed by atoms with van der Waals surface area (Å²) in [5, 5.41) is 21.1. The third-order valence-corrected chi connectivity index (χ3v) is 2.90. The number of ether oxygens (including phenoxy) is 1. The van der Waals surface area contributed by atoms with Gasteiger partial charge in [-0.1, -0.05) is 6.07 Å². The summed E-state index contributed by atoms with van der Waals surface area (Å²) < 4.78 is 5.32. The van der Waals surface area contributed by atoms with E-state index in [2.05, 4.69) is 5.32 Å². The number of phenolic OH excluding ortho intramolecular Hbond substituents is 1. The molecule has 114 valence electrons. The monoisotopic (exact) mass is 301 g/mol. The van der Waals surface area contributed by atoms with Crippen LogP contribution in [0.5, 0.6) is 11.5 Å². The van der Waals surface area contributed by atoms with E-state index in [4.69, 9.17) is 9.84 Å². The van der Waals surface area contributed by atoms with E-state index in [1.807, 2.05) is 6.92 Å². The van der Waals surface area contributed by atoms with Gasteiger partial charge < -0.3 is 20.3 Å². The average molecular weight is 301 g/mol. The number of benzene rings is 2. The van der Waals surface area contributed by atoms with Crippen LogP contribution in [0.1, 0.15) is 27.6 Å². The molecule has 0 aliphatic heterocycles. The van der Waals surface area contributed by atoms with E-state index in [0.29, 0.717) is 17.9 Å². The van der Waals surface area contributed by atoms with Crippen LogP contribution >= 0.6 is 0 Å². The first-order valence-corrected chi connectivity index (χ1v) is 6.61. The predicted molar refractivity (Wildman–Crippen MR) is 80.6 cm³/mol. The number of nitrogens with one attached hydrogen (secondary N) is 1. The van der Waals surface area contributed by atoms with Gasteiger partial charge in [0.2, 0.25) is 0 Å². The second-order valence-corrected chi connectivity index (χ2v) is 4.45. The number of aromatic carboxylic acids is 1. The van der Waals surface area contributed by atoms with E-state index in [1.165, 1.54) is 12.1 Å². The lowest BCUT2D eigenvalue weighted by Gasteiger charge is -2.09. The van der Waals surface area contributed by atoms with Crippen molar-refractivity contribution in [3.8, 4) is 11.5 Å². The summed E-state index contributed by atoms with van der Waals surface area (Å²) in [6.07, 6.45) is 0. The van der Waals surface area contributed by atoms with Crippen molar-refractivity contribution < 1.29 is 24.5 Å². The molecular weight excluding hydrogens is 286 g/mol. The van der Waals surface area contributed by atoms with Crippen LogP contribution in [0.15, 0.2) is 42.5 Å². The molecule has 1 amide bonds. The van der Waals surface area contributed by atoms with Crippen molar-refractivity contribution in [3.05, 3.63) is 53.6 Å². The first-order chi connectivity index (χ1) is 10.5. The molecule has 6 heteroatoms. The zero-order valence-corrected chi connectivity index (χ0v) is 11.9. The smallest absolute Gasteiger partial charge is 0.335 e. The van der Waals surface area contributed by atoms with Crippen LogP contribution in [0.25, 0.3) is 0 Å². The van der Waals surface area contributed by atoms with Gasteiger partial charge >= 0.3 is 5.97 Å². The maximum atomic E-state index is 12.1. The highest BCUT2D eigenvalue weighted by Crippen LogP contribution is 2.25. The van der Waals surface area contributed by atoms with Gasteiger partial charge in [0.1, 0.15) is 11.5 Å². The molecule has 2 aromatic carbocycles. The third kappa shape index (κ3) is 3.54. The summed E-state index contributed by atoms with van der Waals surface area (Å²) in [7, 11) is 0. The minimum absolute atomic E-state index is 0.0613. The van der Waals surface area contributed by atoms with Crippen molar-refractivity contribution in [1.29, 1.82) is 0 Å². The molecule has 0 spiro atoms. The lowest BCUT2D eigenvalue weighted by molar-refractivity contribution is 0.0696. The number of carbonyl (C=O) groups excluding carboxylic acids is 1. The molecule has 3 N–H and O–H groups in total. The van der Waals surface area contributed by atoms with E-state index in [-0.39, 0.29) is 17.0 Å². The molecule has 0 aliphatic carbocycles. The van der Waals surface area contributed by atoms with Crippen molar-refractivity contribution in [2.75, 3.05) is 11.9 Å². The highest BCUT2D eigenvalue weighted by Gasteiger charge is 2.12. The van der Waals surface area contributed by atoms with Crippen molar-refractivity contribution in [3.63, 3.8) is 0 Å². The van der Waals surface area contributed by atoms with Gasteiger partial charge in [0.25, 0.3) is 5.91 Å². The molecular formula is C16H15NO5. The van der Waals surface area contributed by atoms with Gasteiger partial charge in [-0.25, -0.2) is 4.79 Å². The van der Waals surface area contributed by atoms with Crippen molar-refractivity contribution in [2.24, 2.45) is 0 Å². The quantitative estimate of drug-likeness (QED) is 0.738. The Labute approximate surface area is 127 Å². The van der Waals surface area contributed by atoms with Crippen molar-refractivity contribution in [1.82, 2.24) is 0 Å². The summed E-state index contributed by atoms with van der Waals surface area (Å²) in [6, 6.07) is 10.3. The molecule has 22 heavy (non-hydrogen) atoms. The number of hydrogen-bond acceptors (Lipinski definition) is 4. The maximum absolute atomic E-state index is 12.1. The molecule has 6 nitrogen and oxygen atoms in total. The number of rotatable bonds is 5. The molecule has 2 aromatic rings. The number of carbonyl (C=O) groups is 2. The lowest BCUT2D eigenvalue weighted by Crippen LogP contribution is -2.12. The summed E-state index contributed by atoms with van der Waals surface area (Å²) in [4.78, 5) is 22.9. The molecule has 0 unspecified atom stereocenters. The number of aromatic hydroxyl groups is 1. The maximum Gasteiger partial charge on any atom is 0.335 e. The molecule has 0 saturated heterocycles. The Morgan fingerprint density at radius 1 is 1.14 bits per heavy atom. The first kappa shape index (κ1) is 15.4. The molecule has 0 bridgehead atoms. The molecule has 0 aromatic heterocycles. The minimum atomic E-state index is -1.16. The van der Waals surface area contributed by atoms with Gasteiger partial charge in [0.05, 0.1) is 17.9 Å². The predicted octanol–water partition coefficient (Wildman–Crippen LogP) is 2.74. The number of phenols is 1. The number of hydrogen-bond donors (Lipinski definition) is 3. The molecule has 2 rings (SSSR count). The van der Waals surface area contributed by atoms with E-state index >= 15 is 0 Å². The summed E-state index contributed by atoms with van der Waals surface area (Å²) in [5.41, 5.74) is 0.443. The van der Waals surface area contributed by atoms with E-state index < -0.39 is 11.9 Å². The third-order valence-electron chi connectivity index (χ3n) is 2.90. The number of anilines is 1. The number of carboxylic acids is 1. The Hall–Kier alpha value is -3.02. The van der Waals surface area contributed by atoms with Crippen LogP contribution in [0.2, 0.25) is 0 Å². The highest BCUT2D eigenvalue weighted by atomic mass is 16.5. The van der Waals surface area contributed by atoms with Gasteiger partial charge in [0.15, 0.2) is 0 Å². The Morgan fingerprint density at radius 2 is 1.91 bits per heavy atom. The average Bonchev–Trinajstić information content (AvgIpc) is 2.49. The summed E-state index contributed by atoms with van der Waals surface area (Å²) in [6.45, 7) is 2.33. The van der Waals surface area contributed by atoms with Crippen molar-refractivity contribution >= 4 is 17.6 Å². The lowest BCUT2D eigenvalue weighted by atomic mass is 10.1. The van der Waals surface area contributed by atoms with Crippen LogP contribution in [-0.4, -0.2) is 28.7 Å². The molecule has 0 atom stereocenters. The Kier molecular flexibility index (Phi) is 4.63. The molecule has 0 saturated carbocycles. The fraction of sp³-hybridized carbons (Fsp3) is 0.125. The van der Waals surface area contributed by atoms with Gasteiger partial charge in [0, 0.05) is 5.56 Å². The zero-order valence-electron chi connectivity index (χ0n) is 11.9. The second kappa shape index (κ2) is 6.62. The molecule has 0 radical (unpaired) electrons. The molecule has 0 fully saturated rings. The second-order valence-electron chi connectivity index (χ2n) is 4.45. The van der Waals surface area contributed by atoms with Gasteiger partial charge in [-0.3, -0.25) is 4.79 Å². The van der Waals surface area contributed by atoms with E-state index in [0.717, 1.165) is 6.07 Å². The van der Waals surface area contributed by atoms with Crippen LogP contribution < -0.4 is 10.1 Å². The number of carboxylic acid groups (broad SMARTS) is 1. The van der Waals surface area contributed by atoms with Gasteiger partial charge in [-0.05, 0) is 43.3 Å². The normalized spacial score (nSPS) is 10.0. The Morgan fingerprint density at radius 3 is 2.55 bits per heavy atom. The first-order valence-electron chi connectivity index (χ1n) is 6.61. The largest absolute Gasteiger partial charge is 0.506 e. The molecule has 0 heterocycles. The van der Waals surface area contributed by atoms with Gasteiger partial charge in [-0.2, -0.15) is 0 Å². The minimum Gasteiger partial charge on any atom is -0.506 e. The Bertz CT molecular complexity index is 711.